The first kappa shape index (κ1) is 19.3. The third-order valence-corrected chi connectivity index (χ3v) is 5.29. The molecular weight excluding hydrogens is 386 g/mol. The molecule has 1 amide bonds. The summed E-state index contributed by atoms with van der Waals surface area (Å²) < 4.78 is 11.6. The molecule has 0 N–H and O–H groups in total. The van der Waals surface area contributed by atoms with E-state index in [1.165, 1.54) is 0 Å². The Balaban J connectivity index is 1.38. The molecular formula is C24H22ClNO3. The predicted molar refractivity (Wildman–Crippen MR) is 114 cm³/mol. The smallest absolute Gasteiger partial charge is 0.409 e. The van der Waals surface area contributed by atoms with Gasteiger partial charge >= 0.3 is 6.09 Å². The van der Waals surface area contributed by atoms with Crippen molar-refractivity contribution < 1.29 is 14.3 Å². The Bertz CT molecular complexity index is 1010. The summed E-state index contributed by atoms with van der Waals surface area (Å²) in [6.07, 6.45) is 0.131. The number of halogens is 1. The topological polar surface area (TPSA) is 38.8 Å². The molecule has 0 saturated heterocycles. The van der Waals surface area contributed by atoms with Gasteiger partial charge in [0.2, 0.25) is 0 Å². The van der Waals surface area contributed by atoms with Crippen LogP contribution in [0.15, 0.2) is 72.8 Å². The largest absolute Gasteiger partial charge is 0.486 e. The lowest BCUT2D eigenvalue weighted by atomic mass is 10.0. The molecule has 29 heavy (non-hydrogen) atoms. The summed E-state index contributed by atoms with van der Waals surface area (Å²) in [6.45, 7) is 0.705. The molecule has 0 aromatic heterocycles. The van der Waals surface area contributed by atoms with Crippen LogP contribution in [0.3, 0.4) is 0 Å². The first-order chi connectivity index (χ1) is 14.1. The van der Waals surface area contributed by atoms with Crippen molar-refractivity contribution in [3.8, 4) is 16.9 Å². The van der Waals surface area contributed by atoms with E-state index in [4.69, 9.17) is 21.1 Å². The fourth-order valence-electron chi connectivity index (χ4n) is 3.52. The molecule has 0 radical (unpaired) electrons. The van der Waals surface area contributed by atoms with Crippen molar-refractivity contribution in [3.63, 3.8) is 0 Å². The zero-order valence-electron chi connectivity index (χ0n) is 16.2. The van der Waals surface area contributed by atoms with Gasteiger partial charge in [-0.05, 0) is 17.2 Å². The van der Waals surface area contributed by atoms with Crippen molar-refractivity contribution in [2.75, 3.05) is 13.7 Å². The highest BCUT2D eigenvalue weighted by atomic mass is 35.5. The minimum Gasteiger partial charge on any atom is -0.486 e. The molecule has 0 aliphatic carbocycles. The van der Waals surface area contributed by atoms with Gasteiger partial charge in [0, 0.05) is 36.2 Å². The molecule has 4 nitrogen and oxygen atoms in total. The van der Waals surface area contributed by atoms with E-state index in [0.717, 1.165) is 28.0 Å². The Morgan fingerprint density at radius 1 is 1.03 bits per heavy atom. The Labute approximate surface area is 175 Å². The van der Waals surface area contributed by atoms with Crippen LogP contribution in [0.2, 0.25) is 5.02 Å². The average molecular weight is 408 g/mol. The van der Waals surface area contributed by atoms with E-state index < -0.39 is 0 Å². The Morgan fingerprint density at radius 2 is 1.76 bits per heavy atom. The summed E-state index contributed by atoms with van der Waals surface area (Å²) in [7, 11) is 1.73. The molecule has 5 heteroatoms. The maximum absolute atomic E-state index is 12.3. The Hall–Kier alpha value is -2.98. The fourth-order valence-corrected chi connectivity index (χ4v) is 3.76. The molecule has 1 aliphatic rings. The van der Waals surface area contributed by atoms with Crippen LogP contribution in [0.1, 0.15) is 11.1 Å². The second kappa shape index (κ2) is 8.58. The second-order valence-corrected chi connectivity index (χ2v) is 7.54. The summed E-state index contributed by atoms with van der Waals surface area (Å²) in [5, 5.41) is 0.682. The lowest BCUT2D eigenvalue weighted by Gasteiger charge is -2.19. The summed E-state index contributed by atoms with van der Waals surface area (Å²) >= 11 is 6.37. The summed E-state index contributed by atoms with van der Waals surface area (Å²) in [5.41, 5.74) is 4.05. The van der Waals surface area contributed by atoms with Crippen LogP contribution in [0.4, 0.5) is 4.79 Å². The molecule has 1 unspecified atom stereocenters. The number of para-hydroxylation sites is 1. The maximum Gasteiger partial charge on any atom is 0.409 e. The first-order valence-electron chi connectivity index (χ1n) is 9.57. The van der Waals surface area contributed by atoms with E-state index in [2.05, 4.69) is 0 Å². The SMILES string of the molecule is CN(Cc1ccccc1)C(=O)OCC1Cc2cccc(-c3ccccc3Cl)c2O1. The van der Waals surface area contributed by atoms with Crippen LogP contribution in [-0.2, 0) is 17.7 Å². The van der Waals surface area contributed by atoms with E-state index in [1.54, 1.807) is 11.9 Å². The molecule has 0 saturated carbocycles. The van der Waals surface area contributed by atoms with Crippen molar-refractivity contribution >= 4 is 17.7 Å². The molecule has 1 heterocycles. The van der Waals surface area contributed by atoms with Gasteiger partial charge in [0.05, 0.1) is 0 Å². The predicted octanol–water partition coefficient (Wildman–Crippen LogP) is 5.58. The third kappa shape index (κ3) is 4.38. The van der Waals surface area contributed by atoms with Crippen molar-refractivity contribution in [1.29, 1.82) is 0 Å². The molecule has 1 atom stereocenters. The molecule has 3 aromatic carbocycles. The Morgan fingerprint density at radius 3 is 2.55 bits per heavy atom. The van der Waals surface area contributed by atoms with Crippen LogP contribution >= 0.6 is 11.6 Å². The maximum atomic E-state index is 12.3. The van der Waals surface area contributed by atoms with Gasteiger partial charge in [0.25, 0.3) is 0 Å². The number of fused-ring (bicyclic) bond motifs is 1. The zero-order chi connectivity index (χ0) is 20.2. The van der Waals surface area contributed by atoms with Crippen molar-refractivity contribution in [2.24, 2.45) is 0 Å². The Kier molecular flexibility index (Phi) is 5.72. The molecule has 3 aromatic rings. The van der Waals surface area contributed by atoms with Crippen molar-refractivity contribution in [3.05, 3.63) is 88.9 Å². The molecule has 0 bridgehead atoms. The number of hydrogen-bond donors (Lipinski definition) is 0. The van der Waals surface area contributed by atoms with E-state index in [-0.39, 0.29) is 18.8 Å². The molecule has 4 rings (SSSR count). The summed E-state index contributed by atoms with van der Waals surface area (Å²) in [6, 6.07) is 23.6. The van der Waals surface area contributed by atoms with Gasteiger partial charge in [-0.3, -0.25) is 0 Å². The molecule has 1 aliphatic heterocycles. The van der Waals surface area contributed by atoms with Gasteiger partial charge in [-0.25, -0.2) is 4.79 Å². The molecule has 0 spiro atoms. The number of carbonyl (C=O) groups is 1. The van der Waals surface area contributed by atoms with Crippen LogP contribution < -0.4 is 4.74 Å². The zero-order valence-corrected chi connectivity index (χ0v) is 16.9. The number of nitrogens with zero attached hydrogens (tertiary/aromatic N) is 1. The quantitative estimate of drug-likeness (QED) is 0.554. The minimum absolute atomic E-state index is 0.203. The van der Waals surface area contributed by atoms with Crippen LogP contribution in [0, 0.1) is 0 Å². The standard InChI is InChI=1S/C24H22ClNO3/c1-26(15-17-8-3-2-4-9-17)24(27)28-16-19-14-18-10-7-12-21(23(18)29-19)20-11-5-6-13-22(20)25/h2-13,19H,14-16H2,1H3. The summed E-state index contributed by atoms with van der Waals surface area (Å²) in [4.78, 5) is 13.9. The van der Waals surface area contributed by atoms with E-state index in [1.807, 2.05) is 72.8 Å². The van der Waals surface area contributed by atoms with Gasteiger partial charge in [0.1, 0.15) is 18.5 Å². The van der Waals surface area contributed by atoms with Crippen LogP contribution in [0.25, 0.3) is 11.1 Å². The highest BCUT2D eigenvalue weighted by molar-refractivity contribution is 6.33. The van der Waals surface area contributed by atoms with Crippen molar-refractivity contribution in [1.82, 2.24) is 4.90 Å². The van der Waals surface area contributed by atoms with E-state index in [9.17, 15) is 4.79 Å². The normalized spacial score (nSPS) is 14.8. The number of ether oxygens (including phenoxy) is 2. The highest BCUT2D eigenvalue weighted by Gasteiger charge is 2.27. The van der Waals surface area contributed by atoms with E-state index >= 15 is 0 Å². The monoisotopic (exact) mass is 407 g/mol. The average Bonchev–Trinajstić information content (AvgIpc) is 3.16. The van der Waals surface area contributed by atoms with Gasteiger partial charge < -0.3 is 14.4 Å². The summed E-state index contributed by atoms with van der Waals surface area (Å²) in [5.74, 6) is 0.819. The highest BCUT2D eigenvalue weighted by Crippen LogP contribution is 2.41. The number of rotatable bonds is 5. The number of hydrogen-bond acceptors (Lipinski definition) is 3. The second-order valence-electron chi connectivity index (χ2n) is 7.14. The lowest BCUT2D eigenvalue weighted by Crippen LogP contribution is -2.31. The fraction of sp³-hybridized carbons (Fsp3) is 0.208. The van der Waals surface area contributed by atoms with Gasteiger partial charge in [-0.2, -0.15) is 0 Å². The van der Waals surface area contributed by atoms with Crippen LogP contribution in [-0.4, -0.2) is 30.8 Å². The number of carbonyl (C=O) groups excluding carboxylic acids is 1. The van der Waals surface area contributed by atoms with E-state index in [0.29, 0.717) is 18.0 Å². The number of benzene rings is 3. The third-order valence-electron chi connectivity index (χ3n) is 4.96. The van der Waals surface area contributed by atoms with Gasteiger partial charge in [0.15, 0.2) is 0 Å². The minimum atomic E-state index is -0.361. The molecule has 0 fully saturated rings. The van der Waals surface area contributed by atoms with Gasteiger partial charge in [-0.15, -0.1) is 0 Å². The van der Waals surface area contributed by atoms with Crippen LogP contribution in [0.5, 0.6) is 5.75 Å². The molecule has 148 valence electrons. The first-order valence-corrected chi connectivity index (χ1v) is 9.95. The van der Waals surface area contributed by atoms with Crippen molar-refractivity contribution in [2.45, 2.75) is 19.1 Å². The van der Waals surface area contributed by atoms with Gasteiger partial charge in [-0.1, -0.05) is 78.3 Å². The number of amides is 1. The lowest BCUT2D eigenvalue weighted by molar-refractivity contribution is 0.0694.